The number of aromatic nitrogens is 3. The van der Waals surface area contributed by atoms with Crippen LogP contribution in [0.4, 0.5) is 0 Å². The normalized spacial score (nSPS) is 12.2. The number of aryl methyl sites for hydroxylation is 1. The summed E-state index contributed by atoms with van der Waals surface area (Å²) in [5, 5.41) is 6.39. The standard InChI is InChI=1S/C17H13N3O2S2/c1-10-7-8-23-13(10)9-14-16(21)20-17(24-14)18-15(19-20)11-5-3-4-6-12(11)22-2/h3-9H,1-2H3. The fraction of sp³-hybridized carbons (Fsp3) is 0.118. The van der Waals surface area contributed by atoms with Gasteiger partial charge in [0.15, 0.2) is 5.82 Å². The summed E-state index contributed by atoms with van der Waals surface area (Å²) in [6.45, 7) is 2.03. The van der Waals surface area contributed by atoms with Gasteiger partial charge in [0.2, 0.25) is 4.96 Å². The van der Waals surface area contributed by atoms with E-state index in [4.69, 9.17) is 4.74 Å². The highest BCUT2D eigenvalue weighted by Crippen LogP contribution is 2.27. The molecule has 24 heavy (non-hydrogen) atoms. The highest BCUT2D eigenvalue weighted by Gasteiger charge is 2.15. The number of thiazole rings is 1. The predicted molar refractivity (Wildman–Crippen MR) is 97.0 cm³/mol. The number of hydrogen-bond donors (Lipinski definition) is 0. The van der Waals surface area contributed by atoms with Crippen LogP contribution in [-0.4, -0.2) is 21.7 Å². The molecule has 0 unspecified atom stereocenters. The van der Waals surface area contributed by atoms with Crippen molar-refractivity contribution in [3.8, 4) is 17.1 Å². The van der Waals surface area contributed by atoms with Crippen LogP contribution < -0.4 is 14.8 Å². The minimum absolute atomic E-state index is 0.142. The van der Waals surface area contributed by atoms with Gasteiger partial charge in [-0.3, -0.25) is 4.79 Å². The average molecular weight is 355 g/mol. The van der Waals surface area contributed by atoms with E-state index in [9.17, 15) is 4.79 Å². The zero-order chi connectivity index (χ0) is 16.7. The molecular weight excluding hydrogens is 342 g/mol. The smallest absolute Gasteiger partial charge is 0.291 e. The van der Waals surface area contributed by atoms with Crippen LogP contribution >= 0.6 is 22.7 Å². The molecule has 0 N–H and O–H groups in total. The van der Waals surface area contributed by atoms with Gasteiger partial charge in [-0.1, -0.05) is 23.5 Å². The molecule has 0 spiro atoms. The molecule has 0 radical (unpaired) electrons. The molecule has 0 saturated heterocycles. The molecule has 1 aromatic carbocycles. The molecule has 0 atom stereocenters. The maximum Gasteiger partial charge on any atom is 0.291 e. The van der Waals surface area contributed by atoms with Crippen LogP contribution in [0.25, 0.3) is 22.4 Å². The zero-order valence-electron chi connectivity index (χ0n) is 13.0. The van der Waals surface area contributed by atoms with E-state index >= 15 is 0 Å². The Bertz CT molecular complexity index is 1140. The van der Waals surface area contributed by atoms with Gasteiger partial charge in [0.25, 0.3) is 5.56 Å². The summed E-state index contributed by atoms with van der Waals surface area (Å²) in [6, 6.07) is 9.55. The quantitative estimate of drug-likeness (QED) is 0.567. The van der Waals surface area contributed by atoms with Crippen molar-refractivity contribution in [1.82, 2.24) is 14.6 Å². The monoisotopic (exact) mass is 355 g/mol. The molecule has 0 bridgehead atoms. The molecular formula is C17H13N3O2S2. The second kappa shape index (κ2) is 5.85. The van der Waals surface area contributed by atoms with E-state index in [1.165, 1.54) is 15.9 Å². The van der Waals surface area contributed by atoms with Crippen LogP contribution in [0.15, 0.2) is 40.5 Å². The van der Waals surface area contributed by atoms with E-state index in [2.05, 4.69) is 10.1 Å². The first kappa shape index (κ1) is 15.0. The maximum atomic E-state index is 12.6. The number of hydrogen-bond acceptors (Lipinski definition) is 6. The van der Waals surface area contributed by atoms with Crippen LogP contribution in [-0.2, 0) is 0 Å². The molecule has 0 aliphatic carbocycles. The Morgan fingerprint density at radius 3 is 2.79 bits per heavy atom. The lowest BCUT2D eigenvalue weighted by molar-refractivity contribution is 0.416. The highest BCUT2D eigenvalue weighted by atomic mass is 32.1. The minimum atomic E-state index is -0.142. The largest absolute Gasteiger partial charge is 0.496 e. The van der Waals surface area contributed by atoms with E-state index in [1.807, 2.05) is 48.7 Å². The van der Waals surface area contributed by atoms with Crippen LogP contribution in [0.1, 0.15) is 10.4 Å². The predicted octanol–water partition coefficient (Wildman–Crippen LogP) is 2.74. The van der Waals surface area contributed by atoms with Crippen molar-refractivity contribution in [3.63, 3.8) is 0 Å². The Hall–Kier alpha value is -2.51. The van der Waals surface area contributed by atoms with Gasteiger partial charge in [-0.2, -0.15) is 9.50 Å². The number of benzene rings is 1. The Kier molecular flexibility index (Phi) is 3.66. The third-order valence-electron chi connectivity index (χ3n) is 3.69. The van der Waals surface area contributed by atoms with Gasteiger partial charge >= 0.3 is 0 Å². The molecule has 4 aromatic rings. The Labute approximate surface area is 145 Å². The van der Waals surface area contributed by atoms with Crippen molar-refractivity contribution in [2.45, 2.75) is 6.92 Å². The number of para-hydroxylation sites is 1. The molecule has 0 aliphatic rings. The minimum Gasteiger partial charge on any atom is -0.496 e. The number of ether oxygens (including phenoxy) is 1. The molecule has 4 rings (SSSR count). The first-order valence-corrected chi connectivity index (χ1v) is 8.96. The summed E-state index contributed by atoms with van der Waals surface area (Å²) in [5.74, 6) is 1.18. The molecule has 3 aromatic heterocycles. The molecule has 7 heteroatoms. The Morgan fingerprint density at radius 2 is 2.08 bits per heavy atom. The van der Waals surface area contributed by atoms with Crippen LogP contribution in [0.2, 0.25) is 0 Å². The van der Waals surface area contributed by atoms with E-state index in [-0.39, 0.29) is 5.56 Å². The van der Waals surface area contributed by atoms with Crippen LogP contribution in [0.5, 0.6) is 5.75 Å². The number of nitrogens with zero attached hydrogens (tertiary/aromatic N) is 3. The molecule has 0 aliphatic heterocycles. The average Bonchev–Trinajstić information content (AvgIpc) is 3.26. The van der Waals surface area contributed by atoms with Crippen molar-refractivity contribution in [3.05, 3.63) is 61.0 Å². The van der Waals surface area contributed by atoms with Crippen molar-refractivity contribution >= 4 is 33.7 Å². The molecule has 5 nitrogen and oxygen atoms in total. The lowest BCUT2D eigenvalue weighted by Crippen LogP contribution is -2.23. The fourth-order valence-electron chi connectivity index (χ4n) is 2.43. The van der Waals surface area contributed by atoms with Crippen molar-refractivity contribution in [2.24, 2.45) is 0 Å². The second-order valence-corrected chi connectivity index (χ2v) is 7.17. The summed E-state index contributed by atoms with van der Waals surface area (Å²) in [6.07, 6.45) is 1.91. The number of thiophene rings is 1. The topological polar surface area (TPSA) is 56.5 Å². The van der Waals surface area contributed by atoms with Gasteiger partial charge < -0.3 is 4.74 Å². The molecule has 0 fully saturated rings. The Balaban J connectivity index is 1.86. The van der Waals surface area contributed by atoms with Crippen LogP contribution in [0.3, 0.4) is 0 Å². The number of methoxy groups -OCH3 is 1. The fourth-order valence-corrected chi connectivity index (χ4v) is 4.25. The number of rotatable bonds is 3. The van der Waals surface area contributed by atoms with Crippen molar-refractivity contribution in [2.75, 3.05) is 7.11 Å². The summed E-state index contributed by atoms with van der Waals surface area (Å²) in [4.78, 5) is 18.7. The third-order valence-corrected chi connectivity index (χ3v) is 5.62. The van der Waals surface area contributed by atoms with E-state index in [1.54, 1.807) is 18.4 Å². The maximum absolute atomic E-state index is 12.6. The van der Waals surface area contributed by atoms with Gasteiger partial charge in [-0.05, 0) is 42.1 Å². The second-order valence-electron chi connectivity index (χ2n) is 5.21. The first-order valence-electron chi connectivity index (χ1n) is 7.26. The van der Waals surface area contributed by atoms with Gasteiger partial charge in [0.1, 0.15) is 5.75 Å². The van der Waals surface area contributed by atoms with Gasteiger partial charge in [-0.25, -0.2) is 0 Å². The SMILES string of the molecule is COc1ccccc1-c1nc2sc(=Cc3sccc3C)c(=O)n2n1. The molecule has 0 amide bonds. The zero-order valence-corrected chi connectivity index (χ0v) is 14.6. The highest BCUT2D eigenvalue weighted by molar-refractivity contribution is 7.15. The number of fused-ring (bicyclic) bond motifs is 1. The molecule has 0 saturated carbocycles. The van der Waals surface area contributed by atoms with Crippen molar-refractivity contribution < 1.29 is 4.74 Å². The van der Waals surface area contributed by atoms with E-state index in [0.717, 1.165) is 16.0 Å². The van der Waals surface area contributed by atoms with Gasteiger partial charge in [0, 0.05) is 4.88 Å². The summed E-state index contributed by atoms with van der Waals surface area (Å²) < 4.78 is 7.34. The van der Waals surface area contributed by atoms with Gasteiger partial charge in [0.05, 0.1) is 17.2 Å². The van der Waals surface area contributed by atoms with Gasteiger partial charge in [-0.15, -0.1) is 16.4 Å². The van der Waals surface area contributed by atoms with E-state index < -0.39 is 0 Å². The lowest BCUT2D eigenvalue weighted by atomic mass is 10.2. The van der Waals surface area contributed by atoms with Crippen molar-refractivity contribution in [1.29, 1.82) is 0 Å². The lowest BCUT2D eigenvalue weighted by Gasteiger charge is -2.03. The summed E-state index contributed by atoms with van der Waals surface area (Å²) in [7, 11) is 1.60. The Morgan fingerprint density at radius 1 is 1.25 bits per heavy atom. The first-order chi connectivity index (χ1) is 11.7. The van der Waals surface area contributed by atoms with E-state index in [0.29, 0.717) is 21.1 Å². The summed E-state index contributed by atoms with van der Waals surface area (Å²) in [5.41, 5.74) is 1.79. The molecule has 120 valence electrons. The van der Waals surface area contributed by atoms with Crippen LogP contribution in [0, 0.1) is 6.92 Å². The summed E-state index contributed by atoms with van der Waals surface area (Å²) >= 11 is 2.96. The third kappa shape index (κ3) is 2.42. The molecule has 3 heterocycles.